The Labute approximate surface area is 539 Å². The van der Waals surface area contributed by atoms with Gasteiger partial charge in [-0.2, -0.15) is 0 Å². The molecule has 3 heterocycles. The third kappa shape index (κ3) is 9.53. The summed E-state index contributed by atoms with van der Waals surface area (Å²) in [5.74, 6) is 0. The molecular formula is C85H60BrNO2Si2. The van der Waals surface area contributed by atoms with Crippen molar-refractivity contribution in [2.24, 2.45) is 0 Å². The Balaban J connectivity index is 0.000000125. The van der Waals surface area contributed by atoms with Crippen LogP contribution >= 0.6 is 15.9 Å². The van der Waals surface area contributed by atoms with Crippen molar-refractivity contribution in [3.05, 3.63) is 367 Å². The van der Waals surface area contributed by atoms with Gasteiger partial charge in [-0.15, -0.1) is 0 Å². The highest BCUT2D eigenvalue weighted by molar-refractivity contribution is 9.10. The van der Waals surface area contributed by atoms with Crippen molar-refractivity contribution in [1.82, 2.24) is 4.57 Å². The molecule has 432 valence electrons. The standard InChI is InChI=1S/C42H29NOSi.C30H21BrOSi.C13H10/c1-3-16-31(17-4-1)45(32-18-5-2-6-19-32,41-28-14-24-37-36-23-9-12-27-40(36)44-42(37)41)33-20-13-15-30(29-33)43-38-25-10-7-21-34(38)35-22-8-11-26-39(35)43;31-22-11-9-16-25(21-22)33(23-12-3-1-4-13-23,24-14-5-2-6-15-24)29-20-10-18-27-26-17-7-8-19-28(26)32-30(27)29;1-3-7-12-10(5-1)9-11-6-2-4-8-13(11)12/h1-29H;1-21H;1-8H,9H2. The molecule has 0 amide bonds. The number of para-hydroxylation sites is 6. The minimum Gasteiger partial charge on any atom is -0.456 e. The number of rotatable bonds is 9. The zero-order valence-electron chi connectivity index (χ0n) is 49.8. The second kappa shape index (κ2) is 23.7. The van der Waals surface area contributed by atoms with E-state index in [4.69, 9.17) is 8.83 Å². The molecule has 1 aliphatic carbocycles. The molecule has 91 heavy (non-hydrogen) atoms. The van der Waals surface area contributed by atoms with E-state index >= 15 is 0 Å². The van der Waals surface area contributed by atoms with Crippen LogP contribution in [-0.4, -0.2) is 20.7 Å². The molecule has 0 atom stereocenters. The fourth-order valence-corrected chi connectivity index (χ4v) is 25.1. The van der Waals surface area contributed by atoms with E-state index in [1.54, 1.807) is 0 Å². The van der Waals surface area contributed by atoms with E-state index in [2.05, 4.69) is 366 Å². The van der Waals surface area contributed by atoms with Crippen LogP contribution in [0.15, 0.2) is 365 Å². The summed E-state index contributed by atoms with van der Waals surface area (Å²) in [5, 5.41) is 17.6. The summed E-state index contributed by atoms with van der Waals surface area (Å²) in [6, 6.07) is 127. The number of hydrogen-bond donors (Lipinski definition) is 0. The summed E-state index contributed by atoms with van der Waals surface area (Å²) in [6.45, 7) is 0. The Morgan fingerprint density at radius 1 is 0.275 bits per heavy atom. The van der Waals surface area contributed by atoms with E-state index in [0.717, 1.165) is 55.1 Å². The van der Waals surface area contributed by atoms with Gasteiger partial charge in [0.15, 0.2) is 16.1 Å². The Morgan fingerprint density at radius 2 is 0.615 bits per heavy atom. The number of furan rings is 2. The lowest BCUT2D eigenvalue weighted by atomic mass is 10.1. The summed E-state index contributed by atoms with van der Waals surface area (Å²) < 4.78 is 16.9. The topological polar surface area (TPSA) is 31.2 Å². The third-order valence-corrected chi connectivity index (χ3v) is 28.6. The first-order chi connectivity index (χ1) is 45.1. The molecule has 0 spiro atoms. The van der Waals surface area contributed by atoms with Gasteiger partial charge in [-0.1, -0.05) is 319 Å². The molecule has 0 N–H and O–H groups in total. The maximum absolute atomic E-state index is 6.80. The molecule has 0 unspecified atom stereocenters. The van der Waals surface area contributed by atoms with Crippen molar-refractivity contribution in [1.29, 1.82) is 0 Å². The summed E-state index contributed by atoms with van der Waals surface area (Å²) in [5.41, 5.74) is 13.1. The lowest BCUT2D eigenvalue weighted by molar-refractivity contribution is 0.671. The van der Waals surface area contributed by atoms with Crippen molar-refractivity contribution < 1.29 is 8.83 Å². The molecule has 17 aromatic rings. The predicted molar refractivity (Wildman–Crippen MR) is 391 cm³/mol. The molecule has 0 saturated carbocycles. The average molecular weight is 1260 g/mol. The van der Waals surface area contributed by atoms with E-state index in [1.807, 2.05) is 6.07 Å². The molecule has 3 nitrogen and oxygen atoms in total. The largest absolute Gasteiger partial charge is 0.456 e. The van der Waals surface area contributed by atoms with Gasteiger partial charge in [0.05, 0.1) is 11.0 Å². The molecular weight excluding hydrogens is 1200 g/mol. The van der Waals surface area contributed by atoms with Gasteiger partial charge in [0.1, 0.15) is 22.3 Å². The highest BCUT2D eigenvalue weighted by Gasteiger charge is 2.45. The van der Waals surface area contributed by atoms with Crippen LogP contribution in [0.4, 0.5) is 0 Å². The van der Waals surface area contributed by atoms with E-state index in [9.17, 15) is 0 Å². The van der Waals surface area contributed by atoms with Crippen LogP contribution in [0, 0.1) is 0 Å². The quantitative estimate of drug-likeness (QED) is 0.107. The van der Waals surface area contributed by atoms with Crippen molar-refractivity contribution in [3.63, 3.8) is 0 Å². The molecule has 6 heteroatoms. The Kier molecular flexibility index (Phi) is 14.5. The number of nitrogens with zero attached hydrogens (tertiary/aromatic N) is 1. The lowest BCUT2D eigenvalue weighted by Crippen LogP contribution is -2.74. The molecule has 0 radical (unpaired) electrons. The molecule has 0 fully saturated rings. The second-order valence-corrected chi connectivity index (χ2v) is 31.9. The third-order valence-electron chi connectivity index (χ3n) is 18.5. The number of hydrogen-bond acceptors (Lipinski definition) is 2. The van der Waals surface area contributed by atoms with Gasteiger partial charge in [0.2, 0.25) is 0 Å². The average Bonchev–Trinajstić information content (AvgIpc) is 1.73. The fourth-order valence-electron chi connectivity index (χ4n) is 14.7. The molecule has 18 rings (SSSR count). The Bertz CT molecular complexity index is 5310. The summed E-state index contributed by atoms with van der Waals surface area (Å²) >= 11 is 3.75. The normalized spacial score (nSPS) is 12.0. The van der Waals surface area contributed by atoms with Gasteiger partial charge in [0.25, 0.3) is 0 Å². The maximum atomic E-state index is 6.80. The predicted octanol–water partition coefficient (Wildman–Crippen LogP) is 17.0. The maximum Gasteiger partial charge on any atom is 0.184 e. The molecule has 0 aliphatic heterocycles. The summed E-state index contributed by atoms with van der Waals surface area (Å²) in [6.07, 6.45) is 1.10. The lowest BCUT2D eigenvalue weighted by Gasteiger charge is -2.34. The molecule has 3 aromatic heterocycles. The number of halogens is 1. The fraction of sp³-hybridized carbons (Fsp3) is 0.0118. The molecule has 0 bridgehead atoms. The Morgan fingerprint density at radius 3 is 1.07 bits per heavy atom. The van der Waals surface area contributed by atoms with Crippen molar-refractivity contribution in [2.75, 3.05) is 0 Å². The van der Waals surface area contributed by atoms with Gasteiger partial charge < -0.3 is 13.4 Å². The van der Waals surface area contributed by atoms with E-state index in [0.29, 0.717) is 0 Å². The summed E-state index contributed by atoms with van der Waals surface area (Å²) in [4.78, 5) is 0. The monoisotopic (exact) mass is 1260 g/mol. The van der Waals surface area contributed by atoms with Crippen LogP contribution in [0.25, 0.3) is 82.5 Å². The Hall–Kier alpha value is -10.6. The molecule has 14 aromatic carbocycles. The van der Waals surface area contributed by atoms with Gasteiger partial charge in [-0.25, -0.2) is 0 Å². The van der Waals surface area contributed by atoms with Crippen LogP contribution in [0.1, 0.15) is 11.1 Å². The summed E-state index contributed by atoms with van der Waals surface area (Å²) in [7, 11) is -5.60. The molecule has 1 aliphatic rings. The minimum atomic E-state index is -2.91. The highest BCUT2D eigenvalue weighted by Crippen LogP contribution is 2.37. The van der Waals surface area contributed by atoms with Crippen LogP contribution < -0.4 is 41.5 Å². The smallest absolute Gasteiger partial charge is 0.184 e. The number of aromatic nitrogens is 1. The SMILES string of the molecule is Brc1cccc([Si](c2ccccc2)(c2ccccc2)c2cccc3c2oc2ccccc23)c1.c1ccc([Si](c2ccccc2)(c2cccc(-n3c4ccccc4c4ccccc43)c2)c2cccc3c2oc2ccccc23)cc1.c1ccc2c(c1)Cc1ccccc1-2. The van der Waals surface area contributed by atoms with Gasteiger partial charge >= 0.3 is 0 Å². The second-order valence-electron chi connectivity index (χ2n) is 23.4. The first-order valence-electron chi connectivity index (χ1n) is 31.1. The van der Waals surface area contributed by atoms with Gasteiger partial charge in [-0.05, 0) is 119 Å². The zero-order chi connectivity index (χ0) is 60.7. The zero-order valence-corrected chi connectivity index (χ0v) is 53.4. The van der Waals surface area contributed by atoms with Crippen molar-refractivity contribution in [2.45, 2.75) is 6.42 Å². The van der Waals surface area contributed by atoms with Crippen LogP contribution in [0.2, 0.25) is 0 Å². The van der Waals surface area contributed by atoms with Crippen molar-refractivity contribution >= 4 is 139 Å². The van der Waals surface area contributed by atoms with Gasteiger partial charge in [0, 0.05) is 42.5 Å². The first-order valence-corrected chi connectivity index (χ1v) is 35.9. The number of fused-ring (bicyclic) bond motifs is 12. The van der Waals surface area contributed by atoms with E-state index in [-0.39, 0.29) is 0 Å². The number of benzene rings is 14. The van der Waals surface area contributed by atoms with Crippen LogP contribution in [-0.2, 0) is 6.42 Å². The molecule has 0 saturated heterocycles. The minimum absolute atomic E-state index is 0.919. The van der Waals surface area contributed by atoms with E-state index < -0.39 is 16.1 Å². The first kappa shape index (κ1) is 55.7. The van der Waals surface area contributed by atoms with E-state index in [1.165, 1.54) is 90.9 Å². The van der Waals surface area contributed by atoms with Crippen molar-refractivity contribution in [3.8, 4) is 16.8 Å². The van der Waals surface area contributed by atoms with Crippen LogP contribution in [0.3, 0.4) is 0 Å². The van der Waals surface area contributed by atoms with Crippen LogP contribution in [0.5, 0.6) is 0 Å². The highest BCUT2D eigenvalue weighted by atomic mass is 79.9. The van der Waals surface area contributed by atoms with Gasteiger partial charge in [-0.3, -0.25) is 0 Å².